The van der Waals surface area contributed by atoms with Crippen LogP contribution in [0.5, 0.6) is 0 Å². The van der Waals surface area contributed by atoms with E-state index >= 15 is 0 Å². The minimum Gasteiger partial charge on any atom is -0.378 e. The molecular weight excluding hydrogens is 432 g/mol. The van der Waals surface area contributed by atoms with Gasteiger partial charge in [0.15, 0.2) is 5.82 Å². The standard InChI is InChI=1S/C22H21BrN4O2/c23-19-6-4-16(5-7-19)15-24-22(28)18-3-1-2-17(14-18)20-8-9-21(26-25-20)27-10-12-29-13-11-27/h1-9,14H,10-13,15H2,(H,24,28). The van der Waals surface area contributed by atoms with Gasteiger partial charge in [-0.25, -0.2) is 0 Å². The fourth-order valence-electron chi connectivity index (χ4n) is 3.15. The van der Waals surface area contributed by atoms with Gasteiger partial charge in [-0.15, -0.1) is 10.2 Å². The SMILES string of the molecule is O=C(NCc1ccc(Br)cc1)c1cccc(-c2ccc(N3CCOCC3)nn2)c1. The first-order valence-electron chi connectivity index (χ1n) is 9.48. The molecule has 0 radical (unpaired) electrons. The number of carbonyl (C=O) groups excluding carboxylic acids is 1. The molecule has 1 saturated heterocycles. The van der Waals surface area contributed by atoms with Crippen molar-refractivity contribution in [3.05, 3.63) is 76.3 Å². The first-order chi connectivity index (χ1) is 14.2. The van der Waals surface area contributed by atoms with E-state index in [1.165, 1.54) is 0 Å². The van der Waals surface area contributed by atoms with Gasteiger partial charge in [0.2, 0.25) is 0 Å². The molecule has 0 aliphatic carbocycles. The first-order valence-corrected chi connectivity index (χ1v) is 10.3. The van der Waals surface area contributed by atoms with Crippen molar-refractivity contribution in [3.8, 4) is 11.3 Å². The van der Waals surface area contributed by atoms with Crippen molar-refractivity contribution in [2.75, 3.05) is 31.2 Å². The van der Waals surface area contributed by atoms with E-state index in [0.717, 1.165) is 40.2 Å². The highest BCUT2D eigenvalue weighted by molar-refractivity contribution is 9.10. The molecule has 1 aromatic heterocycles. The Morgan fingerprint density at radius 1 is 1.03 bits per heavy atom. The van der Waals surface area contributed by atoms with E-state index in [-0.39, 0.29) is 5.91 Å². The summed E-state index contributed by atoms with van der Waals surface area (Å²) in [5, 5.41) is 11.7. The molecule has 1 aliphatic rings. The van der Waals surface area contributed by atoms with E-state index in [4.69, 9.17) is 4.74 Å². The van der Waals surface area contributed by atoms with Crippen LogP contribution in [0.25, 0.3) is 11.3 Å². The lowest BCUT2D eigenvalue weighted by atomic mass is 10.1. The van der Waals surface area contributed by atoms with Crippen LogP contribution in [0.1, 0.15) is 15.9 Å². The number of rotatable bonds is 5. The summed E-state index contributed by atoms with van der Waals surface area (Å²) in [4.78, 5) is 14.7. The Morgan fingerprint density at radius 3 is 2.55 bits per heavy atom. The van der Waals surface area contributed by atoms with Crippen LogP contribution in [-0.2, 0) is 11.3 Å². The third-order valence-corrected chi connectivity index (χ3v) is 5.30. The van der Waals surface area contributed by atoms with Gasteiger partial charge in [-0.1, -0.05) is 40.2 Å². The largest absolute Gasteiger partial charge is 0.378 e. The zero-order valence-corrected chi connectivity index (χ0v) is 17.4. The van der Waals surface area contributed by atoms with E-state index < -0.39 is 0 Å². The molecule has 6 nitrogen and oxygen atoms in total. The van der Waals surface area contributed by atoms with Crippen molar-refractivity contribution in [2.24, 2.45) is 0 Å². The minimum atomic E-state index is -0.118. The van der Waals surface area contributed by atoms with Crippen LogP contribution >= 0.6 is 15.9 Å². The Bertz CT molecular complexity index is 971. The summed E-state index contributed by atoms with van der Waals surface area (Å²) in [5.74, 6) is 0.730. The van der Waals surface area contributed by atoms with Crippen molar-refractivity contribution in [2.45, 2.75) is 6.54 Å². The zero-order valence-electron chi connectivity index (χ0n) is 15.8. The highest BCUT2D eigenvalue weighted by Gasteiger charge is 2.13. The molecule has 0 unspecified atom stereocenters. The van der Waals surface area contributed by atoms with Crippen molar-refractivity contribution >= 4 is 27.7 Å². The van der Waals surface area contributed by atoms with Gasteiger partial charge in [0.1, 0.15) is 0 Å². The molecule has 3 aromatic rings. The lowest BCUT2D eigenvalue weighted by Crippen LogP contribution is -2.36. The molecule has 7 heteroatoms. The van der Waals surface area contributed by atoms with Crippen LogP contribution in [0.4, 0.5) is 5.82 Å². The van der Waals surface area contributed by atoms with Crippen molar-refractivity contribution in [1.29, 1.82) is 0 Å². The number of morpholine rings is 1. The second-order valence-corrected chi connectivity index (χ2v) is 7.68. The van der Waals surface area contributed by atoms with Crippen molar-refractivity contribution in [1.82, 2.24) is 15.5 Å². The number of nitrogens with zero attached hydrogens (tertiary/aromatic N) is 3. The molecular formula is C22H21BrN4O2. The number of hydrogen-bond acceptors (Lipinski definition) is 5. The van der Waals surface area contributed by atoms with Crippen molar-refractivity contribution in [3.63, 3.8) is 0 Å². The highest BCUT2D eigenvalue weighted by Crippen LogP contribution is 2.20. The van der Waals surface area contributed by atoms with Crippen LogP contribution in [0.2, 0.25) is 0 Å². The monoisotopic (exact) mass is 452 g/mol. The van der Waals surface area contributed by atoms with E-state index in [2.05, 4.69) is 36.3 Å². The summed E-state index contributed by atoms with van der Waals surface area (Å²) in [6.45, 7) is 3.54. The maximum absolute atomic E-state index is 12.6. The Labute approximate surface area is 178 Å². The van der Waals surface area contributed by atoms with E-state index in [9.17, 15) is 4.79 Å². The number of nitrogens with one attached hydrogen (secondary N) is 1. The third-order valence-electron chi connectivity index (χ3n) is 4.77. The number of anilines is 1. The van der Waals surface area contributed by atoms with Gasteiger partial charge in [-0.05, 0) is 42.0 Å². The smallest absolute Gasteiger partial charge is 0.251 e. The maximum atomic E-state index is 12.6. The van der Waals surface area contributed by atoms with Crippen LogP contribution in [-0.4, -0.2) is 42.4 Å². The number of benzene rings is 2. The summed E-state index contributed by atoms with van der Waals surface area (Å²) < 4.78 is 6.39. The molecule has 2 heterocycles. The molecule has 0 atom stereocenters. The van der Waals surface area contributed by atoms with Crippen molar-refractivity contribution < 1.29 is 9.53 Å². The highest BCUT2D eigenvalue weighted by atomic mass is 79.9. The fourth-order valence-corrected chi connectivity index (χ4v) is 3.41. The summed E-state index contributed by atoms with van der Waals surface area (Å²) >= 11 is 3.41. The minimum absolute atomic E-state index is 0.118. The zero-order chi connectivity index (χ0) is 20.1. The molecule has 1 fully saturated rings. The maximum Gasteiger partial charge on any atom is 0.251 e. The lowest BCUT2D eigenvalue weighted by molar-refractivity contribution is 0.0951. The van der Waals surface area contributed by atoms with Crippen LogP contribution in [0.15, 0.2) is 65.1 Å². The molecule has 148 valence electrons. The summed E-state index contributed by atoms with van der Waals surface area (Å²) in [5.41, 5.74) is 3.24. The molecule has 2 aromatic carbocycles. The Hall–Kier alpha value is -2.77. The quantitative estimate of drug-likeness (QED) is 0.639. The van der Waals surface area contributed by atoms with Gasteiger partial charge < -0.3 is 15.0 Å². The number of hydrogen-bond donors (Lipinski definition) is 1. The van der Waals surface area contributed by atoms with Gasteiger partial charge in [0, 0.05) is 35.2 Å². The Morgan fingerprint density at radius 2 is 1.83 bits per heavy atom. The van der Waals surface area contributed by atoms with Gasteiger partial charge in [-0.2, -0.15) is 0 Å². The van der Waals surface area contributed by atoms with Gasteiger partial charge in [-0.3, -0.25) is 4.79 Å². The average molecular weight is 453 g/mol. The second kappa shape index (κ2) is 9.15. The van der Waals surface area contributed by atoms with Gasteiger partial charge in [0.05, 0.1) is 18.9 Å². The van der Waals surface area contributed by atoms with E-state index in [1.54, 1.807) is 6.07 Å². The molecule has 1 aliphatic heterocycles. The first kappa shape index (κ1) is 19.5. The van der Waals surface area contributed by atoms with Crippen LogP contribution in [0, 0.1) is 0 Å². The lowest BCUT2D eigenvalue weighted by Gasteiger charge is -2.27. The predicted octanol–water partition coefficient (Wildman–Crippen LogP) is 3.67. The average Bonchev–Trinajstić information content (AvgIpc) is 2.79. The van der Waals surface area contributed by atoms with E-state index in [1.807, 2.05) is 54.6 Å². The number of carbonyl (C=O) groups is 1. The molecule has 0 saturated carbocycles. The second-order valence-electron chi connectivity index (χ2n) is 6.77. The molecule has 1 amide bonds. The summed E-state index contributed by atoms with van der Waals surface area (Å²) in [6.07, 6.45) is 0. The predicted molar refractivity (Wildman–Crippen MR) is 116 cm³/mol. The summed E-state index contributed by atoms with van der Waals surface area (Å²) in [6, 6.07) is 19.2. The summed E-state index contributed by atoms with van der Waals surface area (Å²) in [7, 11) is 0. The number of aromatic nitrogens is 2. The number of halogens is 1. The molecule has 0 bridgehead atoms. The number of ether oxygens (including phenoxy) is 1. The Balaban J connectivity index is 1.43. The Kier molecular flexibility index (Phi) is 6.17. The third kappa shape index (κ3) is 4.99. The molecule has 0 spiro atoms. The topological polar surface area (TPSA) is 67.4 Å². The molecule has 4 rings (SSSR count). The fraction of sp³-hybridized carbons (Fsp3) is 0.227. The normalized spacial score (nSPS) is 13.9. The molecule has 1 N–H and O–H groups in total. The van der Waals surface area contributed by atoms with Crippen LogP contribution in [0.3, 0.4) is 0 Å². The van der Waals surface area contributed by atoms with Gasteiger partial charge in [0.25, 0.3) is 5.91 Å². The van der Waals surface area contributed by atoms with Gasteiger partial charge >= 0.3 is 0 Å². The number of amides is 1. The van der Waals surface area contributed by atoms with E-state index in [0.29, 0.717) is 25.3 Å². The molecule has 29 heavy (non-hydrogen) atoms. The van der Waals surface area contributed by atoms with Crippen LogP contribution < -0.4 is 10.2 Å².